The van der Waals surface area contributed by atoms with Crippen molar-refractivity contribution in [2.75, 3.05) is 47.5 Å². The molecule has 0 amide bonds. The van der Waals surface area contributed by atoms with Crippen LogP contribution in [0, 0.1) is 0 Å². The van der Waals surface area contributed by atoms with E-state index in [0.29, 0.717) is 17.4 Å². The van der Waals surface area contributed by atoms with Gasteiger partial charge in [-0.2, -0.15) is 0 Å². The normalized spacial score (nSPS) is 13.6. The maximum Gasteiger partial charge on any atom is 0.306 e. The lowest BCUT2D eigenvalue weighted by Gasteiger charge is -2.28. The minimum atomic E-state index is -4.61. The molecule has 9 nitrogen and oxygen atoms in total. The summed E-state index contributed by atoms with van der Waals surface area (Å²) in [6.07, 6.45) is 34.0. The number of carbonyl (C=O) groups is 2. The summed E-state index contributed by atoms with van der Waals surface area (Å²) in [5, 5.41) is 0. The summed E-state index contributed by atoms with van der Waals surface area (Å²) in [5.74, 6) is -0.821. The molecule has 0 aliphatic carbocycles. The van der Waals surface area contributed by atoms with E-state index in [1.54, 1.807) is 0 Å². The van der Waals surface area contributed by atoms with Crippen molar-refractivity contribution in [3.63, 3.8) is 0 Å². The Morgan fingerprint density at radius 2 is 0.865 bits per heavy atom. The van der Waals surface area contributed by atoms with Gasteiger partial charge in [0.05, 0.1) is 27.7 Å². The number of esters is 2. The van der Waals surface area contributed by atoms with Crippen molar-refractivity contribution in [3.8, 4) is 0 Å². The van der Waals surface area contributed by atoms with E-state index in [-0.39, 0.29) is 32.0 Å². The molecule has 0 aliphatic heterocycles. The van der Waals surface area contributed by atoms with Crippen LogP contribution < -0.4 is 4.89 Å². The SMILES string of the molecule is CCCCCCCCCCCCCCCCCC(=O)O[C@H](COC(=O)CCCCCCCCCCCCCCC)COP(=O)([O-])OCC[N+](C)(C)C. The molecule has 0 aromatic heterocycles. The van der Waals surface area contributed by atoms with Crippen LogP contribution in [0.25, 0.3) is 0 Å². The van der Waals surface area contributed by atoms with Crippen LogP contribution in [0.5, 0.6) is 0 Å². The second-order valence-corrected chi connectivity index (χ2v) is 17.5. The number of unbranched alkanes of at least 4 members (excludes halogenated alkanes) is 26. The Hall–Kier alpha value is -0.990. The van der Waals surface area contributed by atoms with Crippen molar-refractivity contribution in [2.45, 2.75) is 213 Å². The zero-order valence-electron chi connectivity index (χ0n) is 34.8. The number of hydrogen-bond acceptors (Lipinski definition) is 8. The van der Waals surface area contributed by atoms with Crippen LogP contribution in [0.1, 0.15) is 206 Å². The monoisotopic (exact) mass is 762 g/mol. The number of ether oxygens (including phenoxy) is 2. The lowest BCUT2D eigenvalue weighted by molar-refractivity contribution is -0.870. The van der Waals surface area contributed by atoms with Crippen molar-refractivity contribution in [3.05, 3.63) is 0 Å². The topological polar surface area (TPSA) is 111 Å². The Morgan fingerprint density at radius 3 is 1.23 bits per heavy atom. The smallest absolute Gasteiger partial charge is 0.306 e. The summed E-state index contributed by atoms with van der Waals surface area (Å²) >= 11 is 0. The molecule has 0 radical (unpaired) electrons. The highest BCUT2D eigenvalue weighted by atomic mass is 31.2. The molecule has 0 bridgehead atoms. The molecular weight excluding hydrogens is 677 g/mol. The molecular formula is C42H84NO8P. The fourth-order valence-corrected chi connectivity index (χ4v) is 6.91. The van der Waals surface area contributed by atoms with Gasteiger partial charge in [-0.3, -0.25) is 14.2 Å². The van der Waals surface area contributed by atoms with Crippen LogP contribution in [0.2, 0.25) is 0 Å². The van der Waals surface area contributed by atoms with Crippen molar-refractivity contribution in [2.24, 2.45) is 0 Å². The average Bonchev–Trinajstić information content (AvgIpc) is 3.09. The molecule has 0 spiro atoms. The van der Waals surface area contributed by atoms with Crippen molar-refractivity contribution >= 4 is 19.8 Å². The standard InChI is InChI=1S/C42H84NO8P/c1-6-8-10-12-14-16-18-20-21-23-25-27-29-31-33-35-42(45)51-40(39-50-52(46,47)49-37-36-43(3,4)5)38-48-41(44)34-32-30-28-26-24-22-19-17-15-13-11-9-7-2/h40H,6-39H2,1-5H3/t40-/m1/s1. The summed E-state index contributed by atoms with van der Waals surface area (Å²) in [7, 11) is 1.18. The third-order valence-electron chi connectivity index (χ3n) is 9.63. The van der Waals surface area contributed by atoms with E-state index in [1.807, 2.05) is 21.1 Å². The van der Waals surface area contributed by atoms with Crippen molar-refractivity contribution in [1.29, 1.82) is 0 Å². The van der Waals surface area contributed by atoms with E-state index in [1.165, 1.54) is 141 Å². The number of rotatable bonds is 40. The Balaban J connectivity index is 4.33. The van der Waals surface area contributed by atoms with E-state index in [2.05, 4.69) is 13.8 Å². The van der Waals surface area contributed by atoms with Gasteiger partial charge >= 0.3 is 11.9 Å². The van der Waals surface area contributed by atoms with E-state index in [0.717, 1.165) is 32.1 Å². The molecule has 2 atom stereocenters. The minimum absolute atomic E-state index is 0.0258. The number of carbonyl (C=O) groups excluding carboxylic acids is 2. The van der Waals surface area contributed by atoms with Gasteiger partial charge in [0.15, 0.2) is 6.10 Å². The number of phosphoric ester groups is 1. The highest BCUT2D eigenvalue weighted by Gasteiger charge is 2.21. The Kier molecular flexibility index (Phi) is 35.0. The first kappa shape index (κ1) is 51.0. The second kappa shape index (κ2) is 35.7. The third kappa shape index (κ3) is 38.7. The maximum atomic E-state index is 12.6. The van der Waals surface area contributed by atoms with E-state index in [4.69, 9.17) is 18.5 Å². The van der Waals surface area contributed by atoms with Crippen LogP contribution in [0.3, 0.4) is 0 Å². The van der Waals surface area contributed by atoms with Crippen LogP contribution in [0.4, 0.5) is 0 Å². The Labute approximate surface area is 321 Å². The molecule has 0 fully saturated rings. The predicted octanol–water partition coefficient (Wildman–Crippen LogP) is 11.4. The zero-order chi connectivity index (χ0) is 38.6. The van der Waals surface area contributed by atoms with Gasteiger partial charge in [0, 0.05) is 12.8 Å². The molecule has 0 aromatic carbocycles. The van der Waals surface area contributed by atoms with Crippen molar-refractivity contribution < 1.29 is 42.1 Å². The van der Waals surface area contributed by atoms with Gasteiger partial charge < -0.3 is 27.9 Å². The summed E-state index contributed by atoms with van der Waals surface area (Å²) < 4.78 is 33.9. The van der Waals surface area contributed by atoms with Crippen LogP contribution in [-0.2, 0) is 32.7 Å². The lowest BCUT2D eigenvalue weighted by atomic mass is 10.0. The first-order valence-corrected chi connectivity index (χ1v) is 23.2. The highest BCUT2D eigenvalue weighted by molar-refractivity contribution is 7.45. The van der Waals surface area contributed by atoms with Gasteiger partial charge in [-0.25, -0.2) is 0 Å². The molecule has 52 heavy (non-hydrogen) atoms. The van der Waals surface area contributed by atoms with Gasteiger partial charge in [-0.15, -0.1) is 0 Å². The number of quaternary nitrogens is 1. The fraction of sp³-hybridized carbons (Fsp3) is 0.952. The first-order chi connectivity index (χ1) is 25.0. The van der Waals surface area contributed by atoms with E-state index in [9.17, 15) is 19.0 Å². The van der Waals surface area contributed by atoms with Crippen LogP contribution in [0.15, 0.2) is 0 Å². The summed E-state index contributed by atoms with van der Waals surface area (Å²) in [4.78, 5) is 37.5. The molecule has 0 N–H and O–H groups in total. The molecule has 0 heterocycles. The number of likely N-dealkylation sites (N-methyl/N-ethyl adjacent to an activating group) is 1. The van der Waals surface area contributed by atoms with Crippen LogP contribution in [-0.4, -0.2) is 70.0 Å². The second-order valence-electron chi connectivity index (χ2n) is 16.1. The average molecular weight is 762 g/mol. The van der Waals surface area contributed by atoms with E-state index < -0.39 is 26.5 Å². The Bertz CT molecular complexity index is 865. The molecule has 0 rings (SSSR count). The quantitative estimate of drug-likeness (QED) is 0.0263. The molecule has 310 valence electrons. The van der Waals surface area contributed by atoms with Gasteiger partial charge in [-0.1, -0.05) is 181 Å². The molecule has 1 unspecified atom stereocenters. The minimum Gasteiger partial charge on any atom is -0.756 e. The molecule has 0 saturated heterocycles. The van der Waals surface area contributed by atoms with Gasteiger partial charge in [-0.05, 0) is 12.8 Å². The van der Waals surface area contributed by atoms with Gasteiger partial charge in [0.2, 0.25) is 0 Å². The largest absolute Gasteiger partial charge is 0.756 e. The zero-order valence-corrected chi connectivity index (χ0v) is 35.7. The maximum absolute atomic E-state index is 12.6. The lowest BCUT2D eigenvalue weighted by Crippen LogP contribution is -2.37. The summed E-state index contributed by atoms with van der Waals surface area (Å²) in [6, 6.07) is 0. The van der Waals surface area contributed by atoms with Gasteiger partial charge in [0.25, 0.3) is 7.82 Å². The highest BCUT2D eigenvalue weighted by Crippen LogP contribution is 2.38. The van der Waals surface area contributed by atoms with Gasteiger partial charge in [0.1, 0.15) is 19.8 Å². The van der Waals surface area contributed by atoms with Crippen molar-refractivity contribution in [1.82, 2.24) is 0 Å². The fourth-order valence-electron chi connectivity index (χ4n) is 6.18. The number of nitrogens with zero attached hydrogens (tertiary/aromatic N) is 1. The molecule has 10 heteroatoms. The number of hydrogen-bond donors (Lipinski definition) is 0. The summed E-state index contributed by atoms with van der Waals surface area (Å²) in [5.41, 5.74) is 0. The Morgan fingerprint density at radius 1 is 0.519 bits per heavy atom. The predicted molar refractivity (Wildman–Crippen MR) is 213 cm³/mol. The summed E-state index contributed by atoms with van der Waals surface area (Å²) in [6.45, 7) is 4.25. The first-order valence-electron chi connectivity index (χ1n) is 21.7. The molecule has 0 aliphatic rings. The molecule has 0 aromatic rings. The van der Waals surface area contributed by atoms with E-state index >= 15 is 0 Å². The molecule has 0 saturated carbocycles. The third-order valence-corrected chi connectivity index (χ3v) is 10.6. The van der Waals surface area contributed by atoms with Crippen LogP contribution >= 0.6 is 7.82 Å². The number of phosphoric acid groups is 1.